The van der Waals surface area contributed by atoms with Gasteiger partial charge in [0, 0.05) is 36.8 Å². The van der Waals surface area contributed by atoms with Crippen molar-refractivity contribution < 1.29 is 9.18 Å². The van der Waals surface area contributed by atoms with E-state index in [1.807, 2.05) is 43.1 Å². The van der Waals surface area contributed by atoms with Crippen LogP contribution in [0.15, 0.2) is 48.8 Å². The zero-order valence-electron chi connectivity index (χ0n) is 21.6. The number of nitrogens with one attached hydrogen (secondary N) is 1. The van der Waals surface area contributed by atoms with Crippen LogP contribution < -0.4 is 5.32 Å². The van der Waals surface area contributed by atoms with Crippen molar-refractivity contribution in [2.75, 3.05) is 20.1 Å². The van der Waals surface area contributed by atoms with Gasteiger partial charge >= 0.3 is 0 Å². The maximum atomic E-state index is 13.7. The Labute approximate surface area is 214 Å². The fourth-order valence-electron chi connectivity index (χ4n) is 6.39. The molecule has 0 bridgehead atoms. The van der Waals surface area contributed by atoms with Gasteiger partial charge < -0.3 is 9.88 Å². The molecule has 3 atom stereocenters. The lowest BCUT2D eigenvalue weighted by Gasteiger charge is -2.35. The summed E-state index contributed by atoms with van der Waals surface area (Å²) in [6.07, 6.45) is 13.3. The van der Waals surface area contributed by atoms with Crippen LogP contribution in [0.4, 0.5) is 4.39 Å². The van der Waals surface area contributed by atoms with Crippen LogP contribution >= 0.6 is 0 Å². The summed E-state index contributed by atoms with van der Waals surface area (Å²) in [6, 6.07) is 11.4. The van der Waals surface area contributed by atoms with Crippen molar-refractivity contribution in [1.82, 2.24) is 19.8 Å². The van der Waals surface area contributed by atoms with Gasteiger partial charge in [-0.25, -0.2) is 9.37 Å². The highest BCUT2D eigenvalue weighted by Gasteiger charge is 2.33. The molecule has 36 heavy (non-hydrogen) atoms. The number of likely N-dealkylation sites (N-methyl/N-ethyl adjacent to an activating group) is 1. The maximum absolute atomic E-state index is 13.7. The third-order valence-electron chi connectivity index (χ3n) is 8.58. The molecule has 3 heterocycles. The second-order valence-corrected chi connectivity index (χ2v) is 10.8. The minimum atomic E-state index is -0.223. The zero-order chi connectivity index (χ0) is 25.1. The van der Waals surface area contributed by atoms with Crippen LogP contribution in [-0.2, 0) is 4.79 Å². The van der Waals surface area contributed by atoms with Gasteiger partial charge in [0.1, 0.15) is 17.4 Å². The van der Waals surface area contributed by atoms with Gasteiger partial charge in [0.05, 0.1) is 11.6 Å². The molecule has 0 spiro atoms. The molecule has 5 nitrogen and oxygen atoms in total. The summed E-state index contributed by atoms with van der Waals surface area (Å²) in [5.74, 6) is 2.04. The molecule has 1 saturated heterocycles. The highest BCUT2D eigenvalue weighted by molar-refractivity contribution is 5.84. The van der Waals surface area contributed by atoms with E-state index in [2.05, 4.69) is 27.3 Å². The third kappa shape index (κ3) is 5.40. The largest absolute Gasteiger partial charge is 0.311 e. The lowest BCUT2D eigenvalue weighted by molar-refractivity contribution is -0.122. The van der Waals surface area contributed by atoms with Crippen molar-refractivity contribution in [2.24, 2.45) is 11.8 Å². The second kappa shape index (κ2) is 11.2. The first-order valence-corrected chi connectivity index (χ1v) is 13.7. The Kier molecular flexibility index (Phi) is 7.82. The average molecular weight is 491 g/mol. The molecule has 192 valence electrons. The van der Waals surface area contributed by atoms with E-state index in [9.17, 15) is 9.18 Å². The molecular weight excluding hydrogens is 451 g/mol. The molecule has 2 aliphatic rings. The van der Waals surface area contributed by atoms with E-state index in [1.165, 1.54) is 50.2 Å². The Morgan fingerprint density at radius 2 is 1.94 bits per heavy atom. The van der Waals surface area contributed by atoms with Crippen LogP contribution in [-0.4, -0.2) is 46.4 Å². The van der Waals surface area contributed by atoms with Crippen molar-refractivity contribution in [1.29, 1.82) is 0 Å². The number of carbonyl (C=O) groups is 1. The molecule has 0 radical (unpaired) electrons. The number of nitrogens with zero attached hydrogens (tertiary/aromatic N) is 3. The highest BCUT2D eigenvalue weighted by Crippen LogP contribution is 2.38. The average Bonchev–Trinajstić information content (AvgIpc) is 3.55. The molecule has 3 aromatic rings. The molecule has 0 amide bonds. The van der Waals surface area contributed by atoms with Gasteiger partial charge in [0.2, 0.25) is 0 Å². The maximum Gasteiger partial charge on any atom is 0.149 e. The normalized spacial score (nSPS) is 21.1. The Bertz CT molecular complexity index is 1180. The number of aromatic nitrogens is 2. The number of pyridine rings is 1. The number of Topliss-reactive ketones (excluding diaryl/α,β-unsaturated/α-hetero) is 1. The van der Waals surface area contributed by atoms with Crippen LogP contribution in [0.3, 0.4) is 0 Å². The molecule has 5 rings (SSSR count). The molecule has 1 aromatic carbocycles. The minimum Gasteiger partial charge on any atom is -0.311 e. The Hall–Kier alpha value is -2.57. The van der Waals surface area contributed by atoms with Crippen molar-refractivity contribution in [3.05, 3.63) is 60.2 Å². The first kappa shape index (κ1) is 25.1. The molecule has 1 aliphatic carbocycles. The quantitative estimate of drug-likeness (QED) is 0.396. The van der Waals surface area contributed by atoms with Gasteiger partial charge in [-0.2, -0.15) is 0 Å². The van der Waals surface area contributed by atoms with E-state index in [0.717, 1.165) is 36.2 Å². The number of halogens is 1. The first-order valence-electron chi connectivity index (χ1n) is 13.7. The van der Waals surface area contributed by atoms with Crippen molar-refractivity contribution in [3.63, 3.8) is 0 Å². The summed E-state index contributed by atoms with van der Waals surface area (Å²) in [7, 11) is 1.88. The lowest BCUT2D eigenvalue weighted by atomic mass is 9.77. The monoisotopic (exact) mass is 490 g/mol. The topological polar surface area (TPSA) is 50.2 Å². The number of hydrogen-bond donors (Lipinski definition) is 1. The standard InChI is InChI=1S/C30H39FN4O/c1-21(32-2)29(36)18-25(22-7-4-3-5-8-22)20-34-15-6-9-27(34)23-12-14-33-30(19-23)35-16-13-24-17-26(31)10-11-28(24)35/h10-14,16-17,19,21-22,25,27,32H,3-9,15,18,20H2,1-2H3/t21-,25+,27-/m0/s1. The summed E-state index contributed by atoms with van der Waals surface area (Å²) < 4.78 is 15.7. The number of likely N-dealkylation sites (tertiary alicyclic amines) is 1. The summed E-state index contributed by atoms with van der Waals surface area (Å²) in [5.41, 5.74) is 2.23. The Morgan fingerprint density at radius 1 is 1.11 bits per heavy atom. The van der Waals surface area contributed by atoms with Gasteiger partial charge in [-0.15, -0.1) is 0 Å². The molecule has 6 heteroatoms. The van der Waals surface area contributed by atoms with Crippen molar-refractivity contribution in [3.8, 4) is 5.82 Å². The zero-order valence-corrected chi connectivity index (χ0v) is 21.6. The fraction of sp³-hybridized carbons (Fsp3) is 0.533. The van der Waals surface area contributed by atoms with Gasteiger partial charge in [-0.3, -0.25) is 9.69 Å². The highest BCUT2D eigenvalue weighted by atomic mass is 19.1. The van der Waals surface area contributed by atoms with E-state index in [1.54, 1.807) is 6.07 Å². The van der Waals surface area contributed by atoms with Gasteiger partial charge in [-0.05, 0) is 87.2 Å². The van der Waals surface area contributed by atoms with E-state index < -0.39 is 0 Å². The number of ketones is 1. The number of rotatable bonds is 9. The summed E-state index contributed by atoms with van der Waals surface area (Å²) in [5, 5.41) is 4.02. The summed E-state index contributed by atoms with van der Waals surface area (Å²) in [4.78, 5) is 20.2. The molecule has 1 aliphatic heterocycles. The van der Waals surface area contributed by atoms with Crippen LogP contribution in [0.25, 0.3) is 16.7 Å². The summed E-state index contributed by atoms with van der Waals surface area (Å²) in [6.45, 7) is 4.05. The SMILES string of the molecule is CN[C@@H](C)C(=O)C[C@H](CN1CCC[C@H]1c1ccnc(-n2ccc3cc(F)ccc32)c1)C1CCCCC1. The predicted molar refractivity (Wildman–Crippen MR) is 143 cm³/mol. The molecule has 1 saturated carbocycles. The van der Waals surface area contributed by atoms with Crippen molar-refractivity contribution >= 4 is 16.7 Å². The second-order valence-electron chi connectivity index (χ2n) is 10.8. The lowest BCUT2D eigenvalue weighted by Crippen LogP contribution is -2.38. The fourth-order valence-corrected chi connectivity index (χ4v) is 6.39. The van der Waals surface area contributed by atoms with E-state index in [4.69, 9.17) is 0 Å². The molecular formula is C30H39FN4O. The van der Waals surface area contributed by atoms with E-state index in [0.29, 0.717) is 30.1 Å². The number of benzene rings is 1. The first-order chi connectivity index (χ1) is 17.5. The number of carbonyl (C=O) groups excluding carboxylic acids is 1. The van der Waals surface area contributed by atoms with Crippen LogP contribution in [0.5, 0.6) is 0 Å². The summed E-state index contributed by atoms with van der Waals surface area (Å²) >= 11 is 0. The smallest absolute Gasteiger partial charge is 0.149 e. The van der Waals surface area contributed by atoms with Crippen molar-refractivity contribution in [2.45, 2.75) is 70.4 Å². The van der Waals surface area contributed by atoms with E-state index >= 15 is 0 Å². The van der Waals surface area contributed by atoms with Gasteiger partial charge in [-0.1, -0.05) is 32.1 Å². The van der Waals surface area contributed by atoms with Crippen LogP contribution in [0, 0.1) is 17.7 Å². The molecule has 0 unspecified atom stereocenters. The Morgan fingerprint density at radius 3 is 2.75 bits per heavy atom. The predicted octanol–water partition coefficient (Wildman–Crippen LogP) is 6.07. The Balaban J connectivity index is 1.37. The number of hydrogen-bond acceptors (Lipinski definition) is 4. The molecule has 2 aromatic heterocycles. The minimum absolute atomic E-state index is 0.0851. The van der Waals surface area contributed by atoms with Crippen LogP contribution in [0.1, 0.15) is 69.9 Å². The number of fused-ring (bicyclic) bond motifs is 1. The van der Waals surface area contributed by atoms with Gasteiger partial charge in [0.25, 0.3) is 0 Å². The van der Waals surface area contributed by atoms with Crippen LogP contribution in [0.2, 0.25) is 0 Å². The molecule has 1 N–H and O–H groups in total. The molecule has 2 fully saturated rings. The van der Waals surface area contributed by atoms with Gasteiger partial charge in [0.15, 0.2) is 0 Å². The van der Waals surface area contributed by atoms with E-state index in [-0.39, 0.29) is 11.9 Å². The third-order valence-corrected chi connectivity index (χ3v) is 8.58.